The summed E-state index contributed by atoms with van der Waals surface area (Å²) in [6, 6.07) is 15.2. The van der Waals surface area contributed by atoms with Gasteiger partial charge in [-0.15, -0.1) is 11.3 Å². The number of fused-ring (bicyclic) bond motifs is 1. The van der Waals surface area contributed by atoms with Crippen LogP contribution < -0.4 is 20.1 Å². The summed E-state index contributed by atoms with van der Waals surface area (Å²) in [7, 11) is 1.61. The maximum absolute atomic E-state index is 12.9. The fourth-order valence-corrected chi connectivity index (χ4v) is 6.05. The molecule has 0 radical (unpaired) electrons. The summed E-state index contributed by atoms with van der Waals surface area (Å²) in [5.41, 5.74) is 3.23. The van der Waals surface area contributed by atoms with E-state index < -0.39 is 16.9 Å². The first-order valence-electron chi connectivity index (χ1n) is 13.4. The third-order valence-corrected chi connectivity index (χ3v) is 8.63. The van der Waals surface area contributed by atoms with Crippen LogP contribution in [0.1, 0.15) is 42.9 Å². The quantitative estimate of drug-likeness (QED) is 0.241. The van der Waals surface area contributed by atoms with Crippen LogP contribution in [0.15, 0.2) is 66.3 Å². The summed E-state index contributed by atoms with van der Waals surface area (Å²) >= 11 is 1.38. The van der Waals surface area contributed by atoms with Gasteiger partial charge in [0, 0.05) is 35.6 Å². The third-order valence-electron chi connectivity index (χ3n) is 7.94. The molecule has 3 heterocycles. The molecule has 0 spiro atoms. The molecule has 2 aromatic heterocycles. The van der Waals surface area contributed by atoms with Gasteiger partial charge in [-0.1, -0.05) is 24.3 Å². The first kappa shape index (κ1) is 26.9. The maximum Gasteiger partial charge on any atom is 0.314 e. The molecule has 0 unspecified atom stereocenters. The van der Waals surface area contributed by atoms with E-state index in [4.69, 9.17) is 9.47 Å². The molecule has 0 bridgehead atoms. The lowest BCUT2D eigenvalue weighted by atomic mass is 9.81. The zero-order chi connectivity index (χ0) is 28.6. The summed E-state index contributed by atoms with van der Waals surface area (Å²) in [6.07, 6.45) is 5.70. The van der Waals surface area contributed by atoms with E-state index in [1.165, 1.54) is 11.3 Å². The van der Waals surface area contributed by atoms with Crippen LogP contribution in [0.2, 0.25) is 0 Å². The van der Waals surface area contributed by atoms with E-state index in [9.17, 15) is 14.7 Å². The average Bonchev–Trinajstić information content (AvgIpc) is 3.64. The second kappa shape index (κ2) is 10.6. The largest absolute Gasteiger partial charge is 0.493 e. The molecule has 1 amide bonds. The van der Waals surface area contributed by atoms with Gasteiger partial charge in [0.2, 0.25) is 5.91 Å². The molecule has 210 valence electrons. The van der Waals surface area contributed by atoms with E-state index in [0.29, 0.717) is 35.2 Å². The number of hydrogen-bond acceptors (Lipinski definition) is 8. The Morgan fingerprint density at radius 3 is 2.54 bits per heavy atom. The van der Waals surface area contributed by atoms with Crippen LogP contribution in [-0.4, -0.2) is 40.6 Å². The maximum atomic E-state index is 12.9. The van der Waals surface area contributed by atoms with Crippen LogP contribution in [0.5, 0.6) is 17.2 Å². The summed E-state index contributed by atoms with van der Waals surface area (Å²) in [4.78, 5) is 33.2. The minimum absolute atomic E-state index is 0.121. The molecule has 0 saturated heterocycles. The third kappa shape index (κ3) is 5.28. The Labute approximate surface area is 241 Å². The van der Waals surface area contributed by atoms with Crippen molar-refractivity contribution < 1.29 is 24.2 Å². The Morgan fingerprint density at radius 2 is 1.90 bits per heavy atom. The molecule has 10 heteroatoms. The van der Waals surface area contributed by atoms with E-state index >= 15 is 0 Å². The van der Waals surface area contributed by atoms with Crippen LogP contribution in [0.4, 0.5) is 5.13 Å². The van der Waals surface area contributed by atoms with E-state index in [2.05, 4.69) is 20.6 Å². The predicted octanol–water partition coefficient (Wildman–Crippen LogP) is 5.51. The highest BCUT2D eigenvalue weighted by Crippen LogP contribution is 2.48. The Morgan fingerprint density at radius 1 is 1.10 bits per heavy atom. The predicted molar refractivity (Wildman–Crippen MR) is 156 cm³/mol. The summed E-state index contributed by atoms with van der Waals surface area (Å²) in [5.74, 6) is 0.788. The number of pyridine rings is 1. The van der Waals surface area contributed by atoms with Crippen LogP contribution in [0.25, 0.3) is 11.3 Å². The number of carboxylic acid groups (broad SMARTS) is 1. The van der Waals surface area contributed by atoms with Gasteiger partial charge in [-0.25, -0.2) is 4.98 Å². The van der Waals surface area contributed by atoms with Crippen molar-refractivity contribution in [2.75, 3.05) is 19.0 Å². The van der Waals surface area contributed by atoms with Crippen molar-refractivity contribution in [3.05, 3.63) is 83.0 Å². The number of rotatable bonds is 9. The molecular weight excluding hydrogens is 540 g/mol. The Kier molecular flexibility index (Phi) is 6.96. The number of methoxy groups -OCH3 is 1. The second-order valence-corrected chi connectivity index (χ2v) is 11.6. The van der Waals surface area contributed by atoms with E-state index in [0.717, 1.165) is 40.9 Å². The molecular formula is C31H30N4O5S. The first-order valence-corrected chi connectivity index (χ1v) is 14.3. The number of anilines is 1. The monoisotopic (exact) mass is 570 g/mol. The minimum Gasteiger partial charge on any atom is -0.493 e. The molecule has 1 aliphatic heterocycles. The molecule has 41 heavy (non-hydrogen) atoms. The van der Waals surface area contributed by atoms with E-state index in [-0.39, 0.29) is 12.3 Å². The molecule has 4 aromatic rings. The van der Waals surface area contributed by atoms with Crippen molar-refractivity contribution in [2.45, 2.75) is 43.6 Å². The van der Waals surface area contributed by atoms with Crippen molar-refractivity contribution in [2.24, 2.45) is 0 Å². The average molecular weight is 571 g/mol. The van der Waals surface area contributed by atoms with Crippen LogP contribution >= 0.6 is 11.3 Å². The van der Waals surface area contributed by atoms with Gasteiger partial charge < -0.3 is 25.2 Å². The number of carboxylic acids is 1. The molecule has 2 aromatic carbocycles. The van der Waals surface area contributed by atoms with Gasteiger partial charge in [0.05, 0.1) is 24.4 Å². The standard InChI is InChI=1S/C31H30N4O5S/c1-30(17-27(36)35-29-32-13-14-41-29)23-16-26(25(39-2)15-20(23)9-12-34-30)40-22-7-8-24(33-18-22)19-3-5-21(6-4-19)31(10-11-31)28(37)38/h3-8,13-16,18,34H,9-12,17H2,1-2H3,(H,37,38)(H,32,35,36)/t30-/m1/s1. The fraction of sp³-hybridized carbons (Fsp3) is 0.290. The Bertz CT molecular complexity index is 1580. The highest BCUT2D eigenvalue weighted by Gasteiger charge is 2.51. The Hall–Kier alpha value is -4.28. The summed E-state index contributed by atoms with van der Waals surface area (Å²) in [6.45, 7) is 2.76. The number of carbonyl (C=O) groups excluding carboxylic acids is 1. The fourth-order valence-electron chi connectivity index (χ4n) is 5.51. The molecule has 1 aliphatic carbocycles. The van der Waals surface area contributed by atoms with Gasteiger partial charge in [0.15, 0.2) is 16.6 Å². The molecule has 2 aliphatic rings. The highest BCUT2D eigenvalue weighted by molar-refractivity contribution is 7.13. The molecule has 9 nitrogen and oxygen atoms in total. The van der Waals surface area contributed by atoms with Gasteiger partial charge in [-0.05, 0) is 67.1 Å². The van der Waals surface area contributed by atoms with Gasteiger partial charge in [0.1, 0.15) is 5.75 Å². The van der Waals surface area contributed by atoms with Crippen LogP contribution in [0.3, 0.4) is 0 Å². The first-order chi connectivity index (χ1) is 19.8. The lowest BCUT2D eigenvalue weighted by Crippen LogP contribution is -2.47. The zero-order valence-corrected chi connectivity index (χ0v) is 23.6. The van der Waals surface area contributed by atoms with Crippen molar-refractivity contribution in [1.82, 2.24) is 15.3 Å². The molecule has 1 saturated carbocycles. The van der Waals surface area contributed by atoms with Gasteiger partial charge in [0.25, 0.3) is 0 Å². The summed E-state index contributed by atoms with van der Waals surface area (Å²) in [5, 5.41) is 18.4. The van der Waals surface area contributed by atoms with E-state index in [1.807, 2.05) is 60.8 Å². The number of benzene rings is 2. The number of hydrogen-bond donors (Lipinski definition) is 3. The lowest BCUT2D eigenvalue weighted by molar-refractivity contribution is -0.140. The lowest BCUT2D eigenvalue weighted by Gasteiger charge is -2.37. The van der Waals surface area contributed by atoms with E-state index in [1.54, 1.807) is 19.5 Å². The van der Waals surface area contributed by atoms with Crippen molar-refractivity contribution in [1.29, 1.82) is 0 Å². The number of nitrogens with one attached hydrogen (secondary N) is 2. The number of aromatic nitrogens is 2. The molecule has 6 rings (SSSR count). The van der Waals surface area contributed by atoms with Gasteiger partial charge in [-0.3, -0.25) is 14.6 Å². The SMILES string of the molecule is COc1cc2c(cc1Oc1ccc(-c3ccc(C4(C(=O)O)CC4)cc3)nc1)[C@@](C)(CC(=O)Nc1nccs1)NCC2. The van der Waals surface area contributed by atoms with Crippen LogP contribution in [-0.2, 0) is 27.0 Å². The Balaban J connectivity index is 1.21. The topological polar surface area (TPSA) is 123 Å². The smallest absolute Gasteiger partial charge is 0.314 e. The number of carbonyl (C=O) groups is 2. The van der Waals surface area contributed by atoms with Crippen LogP contribution in [0, 0.1) is 0 Å². The second-order valence-electron chi connectivity index (χ2n) is 10.7. The minimum atomic E-state index is -0.766. The number of ether oxygens (including phenoxy) is 2. The molecule has 1 fully saturated rings. The van der Waals surface area contributed by atoms with Crippen molar-refractivity contribution in [3.8, 4) is 28.5 Å². The summed E-state index contributed by atoms with van der Waals surface area (Å²) < 4.78 is 11.9. The zero-order valence-electron chi connectivity index (χ0n) is 22.8. The molecule has 1 atom stereocenters. The highest BCUT2D eigenvalue weighted by atomic mass is 32.1. The number of amides is 1. The normalized spacial score (nSPS) is 18.7. The molecule has 3 N–H and O–H groups in total. The number of aliphatic carboxylic acids is 1. The number of thiazole rings is 1. The number of nitrogens with zero attached hydrogens (tertiary/aromatic N) is 2. The van der Waals surface area contributed by atoms with Gasteiger partial charge >= 0.3 is 5.97 Å². The van der Waals surface area contributed by atoms with Crippen molar-refractivity contribution >= 4 is 28.3 Å². The van der Waals surface area contributed by atoms with Gasteiger partial charge in [-0.2, -0.15) is 0 Å². The van der Waals surface area contributed by atoms with Crippen molar-refractivity contribution in [3.63, 3.8) is 0 Å².